The second kappa shape index (κ2) is 7.17. The molecule has 162 valence electrons. The van der Waals surface area contributed by atoms with E-state index in [1.807, 2.05) is 79.7 Å². The van der Waals surface area contributed by atoms with E-state index in [4.69, 9.17) is 0 Å². The van der Waals surface area contributed by atoms with Gasteiger partial charge >= 0.3 is 0 Å². The van der Waals surface area contributed by atoms with Crippen LogP contribution in [-0.2, 0) is 21.9 Å². The molecule has 0 radical (unpaired) electrons. The van der Waals surface area contributed by atoms with E-state index in [0.717, 1.165) is 33.2 Å². The average Bonchev–Trinajstić information content (AvgIpc) is 3.21. The van der Waals surface area contributed by atoms with E-state index in [0.29, 0.717) is 24.1 Å². The van der Waals surface area contributed by atoms with Crippen molar-refractivity contribution >= 4 is 26.7 Å². The third-order valence-corrected chi connectivity index (χ3v) is 7.63. The standard InChI is InChI=1S/C27H25NO3S/c1-18-12-14-19(15-13-18)26-22(20-8-5-7-11-24(20)28(26)32(3,30)31)16-27(2)17-25(29)21-9-4-6-10-23(21)27/h4-15H,16-17H2,1-3H3. The van der Waals surface area contributed by atoms with Crippen LogP contribution in [0.4, 0.5) is 0 Å². The molecule has 0 amide bonds. The number of aromatic nitrogens is 1. The monoisotopic (exact) mass is 443 g/mol. The Morgan fingerprint density at radius 1 is 0.938 bits per heavy atom. The summed E-state index contributed by atoms with van der Waals surface area (Å²) < 4.78 is 27.5. The lowest BCUT2D eigenvalue weighted by molar-refractivity contribution is 0.0976. The van der Waals surface area contributed by atoms with Crippen molar-refractivity contribution in [3.63, 3.8) is 0 Å². The van der Waals surface area contributed by atoms with Gasteiger partial charge in [-0.25, -0.2) is 12.4 Å². The Kier molecular flexibility index (Phi) is 4.64. The minimum atomic E-state index is -3.57. The summed E-state index contributed by atoms with van der Waals surface area (Å²) in [6.07, 6.45) is 2.23. The molecule has 0 saturated heterocycles. The topological polar surface area (TPSA) is 56.1 Å². The highest BCUT2D eigenvalue weighted by molar-refractivity contribution is 7.89. The number of rotatable bonds is 4. The van der Waals surface area contributed by atoms with Crippen LogP contribution in [0.1, 0.15) is 40.4 Å². The van der Waals surface area contributed by atoms with Crippen LogP contribution >= 0.6 is 0 Å². The number of aryl methyl sites for hydroxylation is 1. The van der Waals surface area contributed by atoms with Gasteiger partial charge in [0.1, 0.15) is 0 Å². The van der Waals surface area contributed by atoms with Crippen molar-refractivity contribution in [3.05, 3.63) is 95.1 Å². The van der Waals surface area contributed by atoms with Crippen LogP contribution in [-0.4, -0.2) is 24.4 Å². The average molecular weight is 444 g/mol. The zero-order valence-corrected chi connectivity index (χ0v) is 19.2. The fourth-order valence-electron chi connectivity index (χ4n) is 5.15. The summed E-state index contributed by atoms with van der Waals surface area (Å²) in [5.41, 5.74) is 5.69. The molecule has 1 aliphatic rings. The maximum atomic E-state index is 13.0. The van der Waals surface area contributed by atoms with Crippen LogP contribution in [0, 0.1) is 6.92 Å². The lowest BCUT2D eigenvalue weighted by Crippen LogP contribution is -2.23. The van der Waals surface area contributed by atoms with Crippen molar-refractivity contribution in [2.75, 3.05) is 6.26 Å². The van der Waals surface area contributed by atoms with Gasteiger partial charge in [-0.2, -0.15) is 0 Å². The molecule has 0 aliphatic heterocycles. The molecule has 1 atom stereocenters. The van der Waals surface area contributed by atoms with Gasteiger partial charge in [0.2, 0.25) is 10.0 Å². The fraction of sp³-hybridized carbons (Fsp3) is 0.222. The number of fused-ring (bicyclic) bond motifs is 2. The quantitative estimate of drug-likeness (QED) is 0.418. The highest BCUT2D eigenvalue weighted by Gasteiger charge is 2.41. The molecule has 4 nitrogen and oxygen atoms in total. The number of carbonyl (C=O) groups excluding carboxylic acids is 1. The number of benzene rings is 3. The summed E-state index contributed by atoms with van der Waals surface area (Å²) in [4.78, 5) is 12.8. The molecular weight excluding hydrogens is 418 g/mol. The first-order chi connectivity index (χ1) is 15.2. The lowest BCUT2D eigenvalue weighted by atomic mass is 9.77. The molecule has 0 bridgehead atoms. The summed E-state index contributed by atoms with van der Waals surface area (Å²) in [6, 6.07) is 23.4. The molecule has 1 unspecified atom stereocenters. The Morgan fingerprint density at radius 2 is 1.59 bits per heavy atom. The van der Waals surface area contributed by atoms with Crippen molar-refractivity contribution < 1.29 is 13.2 Å². The maximum Gasteiger partial charge on any atom is 0.236 e. The Balaban J connectivity index is 1.81. The smallest absolute Gasteiger partial charge is 0.236 e. The van der Waals surface area contributed by atoms with Gasteiger partial charge in [0.15, 0.2) is 5.78 Å². The number of hydrogen-bond acceptors (Lipinski definition) is 3. The first-order valence-corrected chi connectivity index (χ1v) is 12.6. The van der Waals surface area contributed by atoms with Crippen molar-refractivity contribution in [3.8, 4) is 11.3 Å². The molecule has 0 saturated carbocycles. The molecule has 1 aliphatic carbocycles. The molecular formula is C27H25NO3S. The molecule has 5 heteroatoms. The second-order valence-corrected chi connectivity index (χ2v) is 11.0. The zero-order chi connectivity index (χ0) is 22.7. The van der Waals surface area contributed by atoms with Crippen LogP contribution in [0.5, 0.6) is 0 Å². The molecule has 4 aromatic rings. The summed E-state index contributed by atoms with van der Waals surface area (Å²) in [5.74, 6) is 0.145. The Hall–Kier alpha value is -3.18. The maximum absolute atomic E-state index is 13.0. The summed E-state index contributed by atoms with van der Waals surface area (Å²) >= 11 is 0. The summed E-state index contributed by atoms with van der Waals surface area (Å²) in [5, 5.41) is 0.909. The molecule has 0 spiro atoms. The molecule has 32 heavy (non-hydrogen) atoms. The summed E-state index contributed by atoms with van der Waals surface area (Å²) in [7, 11) is -3.57. The molecule has 1 heterocycles. The molecule has 0 fully saturated rings. The van der Waals surface area contributed by atoms with Crippen molar-refractivity contribution in [1.29, 1.82) is 0 Å². The van der Waals surface area contributed by atoms with Crippen LogP contribution in [0.3, 0.4) is 0 Å². The van der Waals surface area contributed by atoms with Crippen LogP contribution in [0.2, 0.25) is 0 Å². The van der Waals surface area contributed by atoms with Gasteiger partial charge in [0.25, 0.3) is 0 Å². The van der Waals surface area contributed by atoms with Crippen molar-refractivity contribution in [1.82, 2.24) is 3.97 Å². The first-order valence-electron chi connectivity index (χ1n) is 10.7. The number of hydrogen-bond donors (Lipinski definition) is 0. The normalized spacial score (nSPS) is 18.3. The van der Waals surface area contributed by atoms with Crippen LogP contribution in [0.15, 0.2) is 72.8 Å². The summed E-state index contributed by atoms with van der Waals surface area (Å²) in [6.45, 7) is 4.13. The van der Waals surface area contributed by atoms with Crippen molar-refractivity contribution in [2.24, 2.45) is 0 Å². The van der Waals surface area contributed by atoms with E-state index in [1.165, 1.54) is 10.2 Å². The fourth-order valence-corrected chi connectivity index (χ4v) is 6.21. The number of ketones is 1. The van der Waals surface area contributed by atoms with Gasteiger partial charge in [-0.15, -0.1) is 0 Å². The van der Waals surface area contributed by atoms with Gasteiger partial charge in [-0.3, -0.25) is 4.79 Å². The third-order valence-electron chi connectivity index (χ3n) is 6.59. The van der Waals surface area contributed by atoms with Gasteiger partial charge in [-0.05, 0) is 36.1 Å². The number of Topliss-reactive ketones (excluding diaryl/α,β-unsaturated/α-hetero) is 1. The highest BCUT2D eigenvalue weighted by atomic mass is 32.2. The van der Waals surface area contributed by atoms with Crippen LogP contribution < -0.4 is 0 Å². The van der Waals surface area contributed by atoms with Gasteiger partial charge in [0, 0.05) is 22.8 Å². The SMILES string of the molecule is Cc1ccc(-c2c(CC3(C)CC(=O)c4ccccc43)c3ccccc3n2S(C)(=O)=O)cc1. The number of nitrogens with zero attached hydrogens (tertiary/aromatic N) is 1. The highest BCUT2D eigenvalue weighted by Crippen LogP contribution is 2.45. The third kappa shape index (κ3) is 3.19. The molecule has 5 rings (SSSR count). The second-order valence-electron chi connectivity index (χ2n) is 9.12. The first kappa shape index (κ1) is 20.7. The molecule has 0 N–H and O–H groups in total. The predicted molar refractivity (Wildman–Crippen MR) is 129 cm³/mol. The van der Waals surface area contributed by atoms with Gasteiger partial charge in [-0.1, -0.05) is 79.2 Å². The lowest BCUT2D eigenvalue weighted by Gasteiger charge is -2.25. The van der Waals surface area contributed by atoms with Crippen LogP contribution in [0.25, 0.3) is 22.2 Å². The number of carbonyl (C=O) groups is 1. The zero-order valence-electron chi connectivity index (χ0n) is 18.4. The van der Waals surface area contributed by atoms with E-state index in [9.17, 15) is 13.2 Å². The minimum absolute atomic E-state index is 0.145. The minimum Gasteiger partial charge on any atom is -0.294 e. The largest absolute Gasteiger partial charge is 0.294 e. The Morgan fingerprint density at radius 3 is 2.31 bits per heavy atom. The number of para-hydroxylation sites is 1. The Labute approximate surface area is 188 Å². The Bertz CT molecular complexity index is 1480. The van der Waals surface area contributed by atoms with Gasteiger partial charge < -0.3 is 0 Å². The van der Waals surface area contributed by atoms with Crippen molar-refractivity contribution in [2.45, 2.75) is 32.1 Å². The van der Waals surface area contributed by atoms with E-state index in [1.54, 1.807) is 0 Å². The molecule has 3 aromatic carbocycles. The van der Waals surface area contributed by atoms with Gasteiger partial charge in [0.05, 0.1) is 17.5 Å². The molecule has 1 aromatic heterocycles. The van der Waals surface area contributed by atoms with E-state index in [-0.39, 0.29) is 5.78 Å². The van der Waals surface area contributed by atoms with E-state index >= 15 is 0 Å². The predicted octanol–water partition coefficient (Wildman–Crippen LogP) is 5.51. The van der Waals surface area contributed by atoms with E-state index in [2.05, 4.69) is 6.92 Å². The van der Waals surface area contributed by atoms with E-state index < -0.39 is 15.4 Å².